The fourth-order valence-corrected chi connectivity index (χ4v) is 1.87. The predicted octanol–water partition coefficient (Wildman–Crippen LogP) is 1.82. The summed E-state index contributed by atoms with van der Waals surface area (Å²) < 4.78 is 5.64. The van der Waals surface area contributed by atoms with Gasteiger partial charge in [0.05, 0.1) is 17.1 Å². The van der Waals surface area contributed by atoms with Gasteiger partial charge in [-0.2, -0.15) is 0 Å². The van der Waals surface area contributed by atoms with Crippen LogP contribution in [0.25, 0.3) is 22.6 Å². The van der Waals surface area contributed by atoms with Crippen molar-refractivity contribution in [1.82, 2.24) is 4.98 Å². The minimum Gasteiger partial charge on any atom is -0.436 e. The number of nitrogens with two attached hydrogens (primary N) is 4. The molecule has 0 spiro atoms. The highest BCUT2D eigenvalue weighted by atomic mass is 16.3. The van der Waals surface area contributed by atoms with Crippen LogP contribution in [-0.4, -0.2) is 4.98 Å². The lowest BCUT2D eigenvalue weighted by molar-refractivity contribution is 0.620. The number of fused-ring (bicyclic) bond motifs is 1. The van der Waals surface area contributed by atoms with Crippen LogP contribution in [0.3, 0.4) is 0 Å². The molecule has 0 unspecified atom stereocenters. The van der Waals surface area contributed by atoms with Gasteiger partial charge in [0, 0.05) is 17.3 Å². The summed E-state index contributed by atoms with van der Waals surface area (Å²) in [6.07, 6.45) is 0. The van der Waals surface area contributed by atoms with Crippen molar-refractivity contribution in [3.05, 3.63) is 30.3 Å². The van der Waals surface area contributed by atoms with E-state index in [1.54, 1.807) is 18.2 Å². The maximum Gasteiger partial charge on any atom is 0.227 e. The number of aromatic nitrogens is 1. The zero-order valence-corrected chi connectivity index (χ0v) is 10.1. The third kappa shape index (κ3) is 1.70. The molecule has 3 rings (SSSR count). The van der Waals surface area contributed by atoms with Gasteiger partial charge < -0.3 is 27.4 Å². The molecular formula is C13H13N5O. The van der Waals surface area contributed by atoms with Gasteiger partial charge in [-0.3, -0.25) is 0 Å². The molecule has 0 aliphatic heterocycles. The molecule has 8 N–H and O–H groups in total. The highest BCUT2D eigenvalue weighted by Crippen LogP contribution is 2.34. The van der Waals surface area contributed by atoms with Gasteiger partial charge in [-0.05, 0) is 24.3 Å². The Bertz CT molecular complexity index is 761. The number of nitrogen functional groups attached to an aromatic ring is 4. The van der Waals surface area contributed by atoms with E-state index in [9.17, 15) is 0 Å². The summed E-state index contributed by atoms with van der Waals surface area (Å²) in [7, 11) is 0. The van der Waals surface area contributed by atoms with Crippen molar-refractivity contribution >= 4 is 33.8 Å². The largest absolute Gasteiger partial charge is 0.436 e. The molecule has 6 heteroatoms. The molecule has 0 aliphatic rings. The fourth-order valence-electron chi connectivity index (χ4n) is 1.87. The maximum atomic E-state index is 5.89. The number of benzene rings is 2. The van der Waals surface area contributed by atoms with Crippen molar-refractivity contribution < 1.29 is 4.42 Å². The first-order valence-electron chi connectivity index (χ1n) is 5.66. The van der Waals surface area contributed by atoms with Gasteiger partial charge in [0.15, 0.2) is 5.58 Å². The average Bonchev–Trinajstić information content (AvgIpc) is 2.81. The van der Waals surface area contributed by atoms with Crippen molar-refractivity contribution in [3.8, 4) is 11.5 Å². The second-order valence-electron chi connectivity index (χ2n) is 4.28. The molecule has 0 saturated heterocycles. The standard InChI is InChI=1S/C13H13N5O/c14-7-3-1-6(2-4-7)13-18-12-9(19-13)5-8(15)10(16)11(12)17/h1-5H,14-17H2. The molecule has 0 amide bonds. The Morgan fingerprint density at radius 1 is 0.895 bits per heavy atom. The summed E-state index contributed by atoms with van der Waals surface area (Å²) in [5, 5.41) is 0. The van der Waals surface area contributed by atoms with Crippen LogP contribution in [0.15, 0.2) is 34.7 Å². The molecule has 1 aromatic heterocycles. The molecule has 2 aromatic carbocycles. The number of hydrogen-bond acceptors (Lipinski definition) is 6. The van der Waals surface area contributed by atoms with Gasteiger partial charge in [0.2, 0.25) is 5.89 Å². The van der Waals surface area contributed by atoms with E-state index >= 15 is 0 Å². The van der Waals surface area contributed by atoms with Crippen molar-refractivity contribution in [1.29, 1.82) is 0 Å². The summed E-state index contributed by atoms with van der Waals surface area (Å²) in [5.74, 6) is 0.451. The number of hydrogen-bond donors (Lipinski definition) is 4. The second kappa shape index (κ2) is 3.81. The third-order valence-electron chi connectivity index (χ3n) is 2.95. The smallest absolute Gasteiger partial charge is 0.227 e. The first-order chi connectivity index (χ1) is 9.06. The Morgan fingerprint density at radius 3 is 2.26 bits per heavy atom. The molecule has 0 aliphatic carbocycles. The minimum absolute atomic E-state index is 0.324. The Labute approximate surface area is 109 Å². The first-order valence-corrected chi connectivity index (χ1v) is 5.66. The summed E-state index contributed by atoms with van der Waals surface area (Å²) in [6, 6.07) is 8.81. The number of rotatable bonds is 1. The summed E-state index contributed by atoms with van der Waals surface area (Å²) >= 11 is 0. The topological polar surface area (TPSA) is 130 Å². The van der Waals surface area contributed by atoms with E-state index in [-0.39, 0.29) is 0 Å². The Morgan fingerprint density at radius 2 is 1.58 bits per heavy atom. The summed E-state index contributed by atoms with van der Waals surface area (Å²) in [4.78, 5) is 4.35. The van der Waals surface area contributed by atoms with Crippen LogP contribution in [0.1, 0.15) is 0 Å². The third-order valence-corrected chi connectivity index (χ3v) is 2.95. The fraction of sp³-hybridized carbons (Fsp3) is 0. The van der Waals surface area contributed by atoms with Crippen molar-refractivity contribution in [2.75, 3.05) is 22.9 Å². The zero-order chi connectivity index (χ0) is 13.6. The lowest BCUT2D eigenvalue weighted by Crippen LogP contribution is -2.00. The van der Waals surface area contributed by atoms with Gasteiger partial charge >= 0.3 is 0 Å². The van der Waals surface area contributed by atoms with E-state index in [0.29, 0.717) is 39.7 Å². The van der Waals surface area contributed by atoms with Crippen molar-refractivity contribution in [2.45, 2.75) is 0 Å². The van der Waals surface area contributed by atoms with E-state index in [4.69, 9.17) is 27.4 Å². The average molecular weight is 255 g/mol. The Kier molecular flexibility index (Phi) is 2.25. The van der Waals surface area contributed by atoms with Crippen LogP contribution < -0.4 is 22.9 Å². The molecule has 0 fully saturated rings. The van der Waals surface area contributed by atoms with Crippen LogP contribution in [-0.2, 0) is 0 Å². The number of oxazole rings is 1. The van der Waals surface area contributed by atoms with E-state index in [1.165, 1.54) is 0 Å². The van der Waals surface area contributed by atoms with Crippen molar-refractivity contribution in [2.24, 2.45) is 0 Å². The highest BCUT2D eigenvalue weighted by Gasteiger charge is 2.14. The molecule has 19 heavy (non-hydrogen) atoms. The maximum absolute atomic E-state index is 5.89. The lowest BCUT2D eigenvalue weighted by atomic mass is 10.2. The normalized spacial score (nSPS) is 10.9. The van der Waals surface area contributed by atoms with Crippen LogP contribution in [0.5, 0.6) is 0 Å². The second-order valence-corrected chi connectivity index (χ2v) is 4.28. The quantitative estimate of drug-likeness (QED) is 0.491. The molecule has 0 radical (unpaired) electrons. The Balaban J connectivity index is 2.22. The van der Waals surface area contributed by atoms with E-state index in [0.717, 1.165) is 5.56 Å². The predicted molar refractivity (Wildman–Crippen MR) is 77.1 cm³/mol. The molecule has 0 atom stereocenters. The molecule has 0 saturated carbocycles. The van der Waals surface area contributed by atoms with Crippen LogP contribution >= 0.6 is 0 Å². The summed E-state index contributed by atoms with van der Waals surface area (Å²) in [6.45, 7) is 0. The van der Waals surface area contributed by atoms with E-state index in [2.05, 4.69) is 4.98 Å². The van der Waals surface area contributed by atoms with Gasteiger partial charge in [0.1, 0.15) is 5.52 Å². The van der Waals surface area contributed by atoms with Crippen LogP contribution in [0.4, 0.5) is 22.7 Å². The first kappa shape index (κ1) is 11.2. The number of nitrogens with zero attached hydrogens (tertiary/aromatic N) is 1. The molecule has 0 bridgehead atoms. The van der Waals surface area contributed by atoms with E-state index in [1.807, 2.05) is 12.1 Å². The molecular weight excluding hydrogens is 242 g/mol. The summed E-state index contributed by atoms with van der Waals surface area (Å²) in [5.41, 5.74) is 26.6. The van der Waals surface area contributed by atoms with E-state index < -0.39 is 0 Å². The van der Waals surface area contributed by atoms with Gasteiger partial charge in [-0.15, -0.1) is 0 Å². The zero-order valence-electron chi connectivity index (χ0n) is 10.1. The van der Waals surface area contributed by atoms with Crippen LogP contribution in [0.2, 0.25) is 0 Å². The van der Waals surface area contributed by atoms with Crippen molar-refractivity contribution in [3.63, 3.8) is 0 Å². The van der Waals surface area contributed by atoms with Crippen LogP contribution in [0, 0.1) is 0 Å². The monoisotopic (exact) mass is 255 g/mol. The number of anilines is 4. The highest BCUT2D eigenvalue weighted by molar-refractivity contribution is 5.99. The van der Waals surface area contributed by atoms with Gasteiger partial charge in [-0.25, -0.2) is 4.98 Å². The molecule has 1 heterocycles. The lowest BCUT2D eigenvalue weighted by Gasteiger charge is -2.02. The van der Waals surface area contributed by atoms with Gasteiger partial charge in [0.25, 0.3) is 0 Å². The Hall–Kier alpha value is -2.89. The molecule has 96 valence electrons. The molecule has 6 nitrogen and oxygen atoms in total. The molecule has 3 aromatic rings. The minimum atomic E-state index is 0.324. The SMILES string of the molecule is Nc1ccc(-c2nc3c(N)c(N)c(N)cc3o2)cc1. The van der Waals surface area contributed by atoms with Gasteiger partial charge in [-0.1, -0.05) is 0 Å².